The first-order valence-electron chi connectivity index (χ1n) is 8.00. The molecule has 0 bridgehead atoms. The van der Waals surface area contributed by atoms with Crippen molar-refractivity contribution in [1.82, 2.24) is 14.5 Å². The predicted molar refractivity (Wildman–Crippen MR) is 85.7 cm³/mol. The number of rotatable bonds is 5. The number of nitrogens with zero attached hydrogens (tertiary/aromatic N) is 3. The molecule has 2 heterocycles. The molecule has 0 unspecified atom stereocenters. The molecule has 1 aromatic heterocycles. The second-order valence-corrected chi connectivity index (χ2v) is 5.81. The molecule has 21 heavy (non-hydrogen) atoms. The van der Waals surface area contributed by atoms with Crippen LogP contribution in [0.15, 0.2) is 24.3 Å². The molecule has 2 aromatic rings. The van der Waals surface area contributed by atoms with Crippen LogP contribution in [0.3, 0.4) is 0 Å². The fourth-order valence-corrected chi connectivity index (χ4v) is 3.37. The second-order valence-electron chi connectivity index (χ2n) is 5.81. The van der Waals surface area contributed by atoms with E-state index >= 15 is 0 Å². The molecule has 4 nitrogen and oxygen atoms in total. The summed E-state index contributed by atoms with van der Waals surface area (Å²) in [5, 5.41) is 0. The van der Waals surface area contributed by atoms with E-state index in [-0.39, 0.29) is 0 Å². The Morgan fingerprint density at radius 3 is 2.71 bits per heavy atom. The normalized spacial score (nSPS) is 17.6. The van der Waals surface area contributed by atoms with E-state index in [1.54, 1.807) is 7.11 Å². The van der Waals surface area contributed by atoms with Crippen molar-refractivity contribution >= 4 is 11.0 Å². The van der Waals surface area contributed by atoms with Gasteiger partial charge in [-0.1, -0.05) is 19.1 Å². The summed E-state index contributed by atoms with van der Waals surface area (Å²) in [4.78, 5) is 7.31. The summed E-state index contributed by atoms with van der Waals surface area (Å²) >= 11 is 0. The van der Waals surface area contributed by atoms with Gasteiger partial charge in [0.1, 0.15) is 5.82 Å². The lowest BCUT2D eigenvalue weighted by molar-refractivity contribution is 0.122. The topological polar surface area (TPSA) is 30.3 Å². The Hall–Kier alpha value is -1.39. The maximum absolute atomic E-state index is 5.18. The van der Waals surface area contributed by atoms with Crippen molar-refractivity contribution in [2.75, 3.05) is 33.4 Å². The number of aryl methyl sites for hydroxylation is 1. The maximum Gasteiger partial charge on any atom is 0.109 e. The molecule has 1 saturated heterocycles. The average molecular weight is 287 g/mol. The van der Waals surface area contributed by atoms with Crippen molar-refractivity contribution in [3.05, 3.63) is 30.1 Å². The molecule has 0 aliphatic carbocycles. The van der Waals surface area contributed by atoms with Crippen LogP contribution in [0.5, 0.6) is 0 Å². The van der Waals surface area contributed by atoms with Gasteiger partial charge in [-0.05, 0) is 25.0 Å². The van der Waals surface area contributed by atoms with Crippen molar-refractivity contribution < 1.29 is 4.74 Å². The third-order valence-electron chi connectivity index (χ3n) is 4.52. The Morgan fingerprint density at radius 1 is 1.24 bits per heavy atom. The fourth-order valence-electron chi connectivity index (χ4n) is 3.37. The van der Waals surface area contributed by atoms with E-state index in [4.69, 9.17) is 9.72 Å². The Balaban J connectivity index is 1.78. The summed E-state index contributed by atoms with van der Waals surface area (Å²) < 4.78 is 7.67. The minimum absolute atomic E-state index is 0.589. The van der Waals surface area contributed by atoms with Crippen LogP contribution in [-0.2, 0) is 11.2 Å². The van der Waals surface area contributed by atoms with Crippen LogP contribution < -0.4 is 0 Å². The number of fused-ring (bicyclic) bond motifs is 1. The first-order chi connectivity index (χ1) is 10.3. The predicted octanol–water partition coefficient (Wildman–Crippen LogP) is 2.88. The SMILES string of the molecule is CCc1nc2ccccc2n1C1CCN(CCOC)CC1. The van der Waals surface area contributed by atoms with Crippen LogP contribution in [0.2, 0.25) is 0 Å². The Morgan fingerprint density at radius 2 is 2.00 bits per heavy atom. The van der Waals surface area contributed by atoms with Crippen molar-refractivity contribution in [3.8, 4) is 0 Å². The number of piperidine rings is 1. The molecule has 3 rings (SSSR count). The number of hydrogen-bond acceptors (Lipinski definition) is 3. The van der Waals surface area contributed by atoms with Gasteiger partial charge in [0.2, 0.25) is 0 Å². The standard InChI is InChI=1S/C17H25N3O/c1-3-17-18-15-6-4-5-7-16(15)20(17)14-8-10-19(11-9-14)12-13-21-2/h4-7,14H,3,8-13H2,1-2H3. The van der Waals surface area contributed by atoms with Crippen LogP contribution >= 0.6 is 0 Å². The van der Waals surface area contributed by atoms with Crippen LogP contribution in [-0.4, -0.2) is 47.8 Å². The molecular weight excluding hydrogens is 262 g/mol. The van der Waals surface area contributed by atoms with Crippen LogP contribution in [0.4, 0.5) is 0 Å². The van der Waals surface area contributed by atoms with Gasteiger partial charge in [0, 0.05) is 39.2 Å². The van der Waals surface area contributed by atoms with Crippen LogP contribution in [0, 0.1) is 0 Å². The summed E-state index contributed by atoms with van der Waals surface area (Å²) in [5.74, 6) is 1.23. The molecule has 1 fully saturated rings. The molecule has 114 valence electrons. The van der Waals surface area contributed by atoms with Crippen LogP contribution in [0.25, 0.3) is 11.0 Å². The Labute approximate surface area is 126 Å². The number of methoxy groups -OCH3 is 1. The molecule has 0 saturated carbocycles. The molecule has 0 amide bonds. The van der Waals surface area contributed by atoms with Crippen molar-refractivity contribution in [2.45, 2.75) is 32.2 Å². The zero-order valence-corrected chi connectivity index (χ0v) is 13.1. The summed E-state index contributed by atoms with van der Waals surface area (Å²) in [7, 11) is 1.78. The summed E-state index contributed by atoms with van der Waals surface area (Å²) in [6, 6.07) is 9.11. The van der Waals surface area contributed by atoms with Crippen molar-refractivity contribution in [1.29, 1.82) is 0 Å². The van der Waals surface area contributed by atoms with Crippen molar-refractivity contribution in [2.24, 2.45) is 0 Å². The molecule has 0 spiro atoms. The molecule has 0 atom stereocenters. The van der Waals surface area contributed by atoms with Gasteiger partial charge in [-0.15, -0.1) is 0 Å². The molecule has 1 aliphatic heterocycles. The minimum atomic E-state index is 0.589. The highest BCUT2D eigenvalue weighted by molar-refractivity contribution is 5.76. The largest absolute Gasteiger partial charge is 0.383 e. The van der Waals surface area contributed by atoms with E-state index < -0.39 is 0 Å². The van der Waals surface area contributed by atoms with Gasteiger partial charge >= 0.3 is 0 Å². The average Bonchev–Trinajstić information content (AvgIpc) is 2.92. The lowest BCUT2D eigenvalue weighted by Crippen LogP contribution is -2.36. The molecule has 0 N–H and O–H groups in total. The smallest absolute Gasteiger partial charge is 0.109 e. The maximum atomic E-state index is 5.18. The zero-order valence-electron chi connectivity index (χ0n) is 13.1. The lowest BCUT2D eigenvalue weighted by atomic mass is 10.0. The number of ether oxygens (including phenoxy) is 1. The number of para-hydroxylation sites is 2. The monoisotopic (exact) mass is 287 g/mol. The lowest BCUT2D eigenvalue weighted by Gasteiger charge is -2.33. The quantitative estimate of drug-likeness (QED) is 0.847. The number of hydrogen-bond donors (Lipinski definition) is 0. The second kappa shape index (κ2) is 6.58. The van der Waals surface area contributed by atoms with E-state index in [0.717, 1.165) is 38.2 Å². The Bertz CT molecular complexity index is 585. The van der Waals surface area contributed by atoms with E-state index in [1.807, 2.05) is 0 Å². The van der Waals surface area contributed by atoms with Gasteiger partial charge in [-0.25, -0.2) is 4.98 Å². The van der Waals surface area contributed by atoms with E-state index in [2.05, 4.69) is 40.7 Å². The third kappa shape index (κ3) is 2.97. The van der Waals surface area contributed by atoms with Gasteiger partial charge in [-0.2, -0.15) is 0 Å². The van der Waals surface area contributed by atoms with E-state index in [1.165, 1.54) is 24.2 Å². The van der Waals surface area contributed by atoms with Gasteiger partial charge in [0.15, 0.2) is 0 Å². The third-order valence-corrected chi connectivity index (χ3v) is 4.52. The van der Waals surface area contributed by atoms with Gasteiger partial charge < -0.3 is 14.2 Å². The zero-order chi connectivity index (χ0) is 14.7. The Kier molecular flexibility index (Phi) is 4.56. The molecular formula is C17H25N3O. The number of aromatic nitrogens is 2. The molecule has 1 aromatic carbocycles. The van der Waals surface area contributed by atoms with Gasteiger partial charge in [-0.3, -0.25) is 0 Å². The van der Waals surface area contributed by atoms with Crippen molar-refractivity contribution in [3.63, 3.8) is 0 Å². The van der Waals surface area contributed by atoms with E-state index in [9.17, 15) is 0 Å². The number of benzene rings is 1. The highest BCUT2D eigenvalue weighted by Gasteiger charge is 2.23. The minimum Gasteiger partial charge on any atom is -0.383 e. The highest BCUT2D eigenvalue weighted by Crippen LogP contribution is 2.28. The molecule has 0 radical (unpaired) electrons. The summed E-state index contributed by atoms with van der Waals surface area (Å²) in [6.45, 7) is 6.40. The number of likely N-dealkylation sites (tertiary alicyclic amines) is 1. The summed E-state index contributed by atoms with van der Waals surface area (Å²) in [6.07, 6.45) is 3.41. The highest BCUT2D eigenvalue weighted by atomic mass is 16.5. The number of imidazole rings is 1. The summed E-state index contributed by atoms with van der Waals surface area (Å²) in [5.41, 5.74) is 2.43. The molecule has 4 heteroatoms. The van der Waals surface area contributed by atoms with Crippen LogP contribution in [0.1, 0.15) is 31.6 Å². The van der Waals surface area contributed by atoms with E-state index in [0.29, 0.717) is 6.04 Å². The first-order valence-corrected chi connectivity index (χ1v) is 8.00. The van der Waals surface area contributed by atoms with Gasteiger partial charge in [0.25, 0.3) is 0 Å². The molecule has 1 aliphatic rings. The first kappa shape index (κ1) is 14.5. The fraction of sp³-hybridized carbons (Fsp3) is 0.588. The van der Waals surface area contributed by atoms with Gasteiger partial charge in [0.05, 0.1) is 17.6 Å².